The molecule has 2 heteroatoms. The normalized spacial score (nSPS) is 17.5. The van der Waals surface area contributed by atoms with Crippen LogP contribution in [0.25, 0.3) is 0 Å². The van der Waals surface area contributed by atoms with E-state index in [-0.39, 0.29) is 5.82 Å². The molecule has 0 spiro atoms. The maximum absolute atomic E-state index is 13.3. The van der Waals surface area contributed by atoms with Crippen molar-refractivity contribution in [2.75, 3.05) is 6.54 Å². The van der Waals surface area contributed by atoms with Gasteiger partial charge in [0.15, 0.2) is 0 Å². The Hall–Kier alpha value is -0.890. The Morgan fingerprint density at radius 2 is 2.17 bits per heavy atom. The fraction of sp³-hybridized carbons (Fsp3) is 0.625. The van der Waals surface area contributed by atoms with E-state index in [9.17, 15) is 4.39 Å². The molecule has 1 aromatic carbocycles. The smallest absolute Gasteiger partial charge is 0.126 e. The molecule has 0 aliphatic heterocycles. The second kappa shape index (κ2) is 6.33. The molecule has 2 rings (SSSR count). The van der Waals surface area contributed by atoms with Gasteiger partial charge >= 0.3 is 0 Å². The van der Waals surface area contributed by atoms with Gasteiger partial charge in [0.2, 0.25) is 0 Å². The lowest BCUT2D eigenvalue weighted by Crippen LogP contribution is -2.26. The fourth-order valence-electron chi connectivity index (χ4n) is 2.60. The molecule has 100 valence electrons. The van der Waals surface area contributed by atoms with E-state index in [1.165, 1.54) is 31.2 Å². The predicted octanol–water partition coefficient (Wildman–Crippen LogP) is 4.37. The van der Waals surface area contributed by atoms with Crippen LogP contribution in [0.1, 0.15) is 56.2 Å². The molecule has 1 aromatic rings. The summed E-state index contributed by atoms with van der Waals surface area (Å²) in [6, 6.07) is 5.94. The van der Waals surface area contributed by atoms with Crippen LogP contribution < -0.4 is 5.32 Å². The standard InChI is InChI=1S/C16H24FN/c1-3-9-18-16(11-13-5-4-6-13)14-7-8-15(17)12(2)10-14/h7-8,10,13,16,18H,3-6,9,11H2,1-2H3. The molecule has 1 atom stereocenters. The van der Waals surface area contributed by atoms with Crippen LogP contribution in [0, 0.1) is 18.7 Å². The van der Waals surface area contributed by atoms with Crippen LogP contribution in [0.3, 0.4) is 0 Å². The summed E-state index contributed by atoms with van der Waals surface area (Å²) in [4.78, 5) is 0. The molecule has 18 heavy (non-hydrogen) atoms. The summed E-state index contributed by atoms with van der Waals surface area (Å²) in [5, 5.41) is 3.61. The van der Waals surface area contributed by atoms with Gasteiger partial charge < -0.3 is 5.32 Å². The van der Waals surface area contributed by atoms with Gasteiger partial charge in [-0.25, -0.2) is 4.39 Å². The van der Waals surface area contributed by atoms with Gasteiger partial charge in [0.25, 0.3) is 0 Å². The number of aryl methyl sites for hydroxylation is 1. The van der Waals surface area contributed by atoms with Crippen LogP contribution in [-0.4, -0.2) is 6.54 Å². The Morgan fingerprint density at radius 1 is 1.39 bits per heavy atom. The van der Waals surface area contributed by atoms with E-state index in [1.807, 2.05) is 19.1 Å². The third-order valence-electron chi connectivity index (χ3n) is 4.02. The highest BCUT2D eigenvalue weighted by molar-refractivity contribution is 5.26. The molecule has 0 radical (unpaired) electrons. The first-order valence-corrected chi connectivity index (χ1v) is 7.20. The molecule has 1 aliphatic carbocycles. The van der Waals surface area contributed by atoms with E-state index in [1.54, 1.807) is 6.07 Å². The van der Waals surface area contributed by atoms with Crippen molar-refractivity contribution >= 4 is 0 Å². The van der Waals surface area contributed by atoms with Crippen molar-refractivity contribution in [3.05, 3.63) is 35.1 Å². The van der Waals surface area contributed by atoms with Gasteiger partial charge in [0, 0.05) is 6.04 Å². The Labute approximate surface area is 110 Å². The molecule has 1 aliphatic rings. The largest absolute Gasteiger partial charge is 0.310 e. The van der Waals surface area contributed by atoms with E-state index in [4.69, 9.17) is 0 Å². The Balaban J connectivity index is 2.07. The maximum atomic E-state index is 13.3. The molecule has 0 bridgehead atoms. The van der Waals surface area contributed by atoms with E-state index >= 15 is 0 Å². The zero-order valence-corrected chi connectivity index (χ0v) is 11.5. The lowest BCUT2D eigenvalue weighted by Gasteiger charge is -2.30. The highest BCUT2D eigenvalue weighted by atomic mass is 19.1. The summed E-state index contributed by atoms with van der Waals surface area (Å²) >= 11 is 0. The van der Waals surface area contributed by atoms with Crippen LogP contribution in [0.2, 0.25) is 0 Å². The van der Waals surface area contributed by atoms with Gasteiger partial charge in [-0.15, -0.1) is 0 Å². The third-order valence-corrected chi connectivity index (χ3v) is 4.02. The van der Waals surface area contributed by atoms with Crippen LogP contribution in [0.5, 0.6) is 0 Å². The lowest BCUT2D eigenvalue weighted by atomic mass is 9.79. The number of halogens is 1. The van der Waals surface area contributed by atoms with E-state index in [0.29, 0.717) is 6.04 Å². The highest BCUT2D eigenvalue weighted by Gasteiger charge is 2.23. The molecule has 1 unspecified atom stereocenters. The Bertz CT molecular complexity index is 385. The lowest BCUT2D eigenvalue weighted by molar-refractivity contribution is 0.261. The quantitative estimate of drug-likeness (QED) is 0.789. The summed E-state index contributed by atoms with van der Waals surface area (Å²) in [5.41, 5.74) is 2.00. The summed E-state index contributed by atoms with van der Waals surface area (Å²) in [6.45, 7) is 5.07. The number of hydrogen-bond acceptors (Lipinski definition) is 1. The van der Waals surface area contributed by atoms with Gasteiger partial charge in [0.1, 0.15) is 5.82 Å². The fourth-order valence-corrected chi connectivity index (χ4v) is 2.60. The van der Waals surface area contributed by atoms with E-state index in [2.05, 4.69) is 12.2 Å². The minimum atomic E-state index is -0.100. The Kier molecular flexibility index (Phi) is 4.76. The zero-order valence-electron chi connectivity index (χ0n) is 11.5. The zero-order chi connectivity index (χ0) is 13.0. The summed E-state index contributed by atoms with van der Waals surface area (Å²) in [7, 11) is 0. The Morgan fingerprint density at radius 3 is 2.72 bits per heavy atom. The van der Waals surface area contributed by atoms with Crippen molar-refractivity contribution in [3.8, 4) is 0 Å². The van der Waals surface area contributed by atoms with Gasteiger partial charge in [-0.2, -0.15) is 0 Å². The summed E-state index contributed by atoms with van der Waals surface area (Å²) in [6.07, 6.45) is 6.45. The van der Waals surface area contributed by atoms with Gasteiger partial charge in [-0.3, -0.25) is 0 Å². The first-order chi connectivity index (χ1) is 8.70. The maximum Gasteiger partial charge on any atom is 0.126 e. The van der Waals surface area contributed by atoms with Crippen molar-refractivity contribution in [2.24, 2.45) is 5.92 Å². The molecule has 1 fully saturated rings. The number of rotatable bonds is 6. The van der Waals surface area contributed by atoms with Crippen molar-refractivity contribution in [2.45, 2.75) is 52.0 Å². The molecular weight excluding hydrogens is 225 g/mol. The summed E-state index contributed by atoms with van der Waals surface area (Å²) in [5.74, 6) is 0.765. The minimum absolute atomic E-state index is 0.100. The van der Waals surface area contributed by atoms with Crippen molar-refractivity contribution in [1.29, 1.82) is 0 Å². The monoisotopic (exact) mass is 249 g/mol. The van der Waals surface area contributed by atoms with Crippen molar-refractivity contribution in [3.63, 3.8) is 0 Å². The molecule has 0 saturated heterocycles. The topological polar surface area (TPSA) is 12.0 Å². The molecule has 0 heterocycles. The number of hydrogen-bond donors (Lipinski definition) is 1. The molecule has 1 N–H and O–H groups in total. The van der Waals surface area contributed by atoms with Crippen LogP contribution >= 0.6 is 0 Å². The number of nitrogens with one attached hydrogen (secondary N) is 1. The predicted molar refractivity (Wildman–Crippen MR) is 74.1 cm³/mol. The molecule has 1 nitrogen and oxygen atoms in total. The van der Waals surface area contributed by atoms with Crippen molar-refractivity contribution in [1.82, 2.24) is 5.32 Å². The molecule has 0 aromatic heterocycles. The van der Waals surface area contributed by atoms with Gasteiger partial charge in [-0.05, 0) is 49.4 Å². The van der Waals surface area contributed by atoms with Gasteiger partial charge in [-0.1, -0.05) is 38.3 Å². The second-order valence-corrected chi connectivity index (χ2v) is 5.55. The highest BCUT2D eigenvalue weighted by Crippen LogP contribution is 2.35. The third kappa shape index (κ3) is 3.32. The molecule has 0 amide bonds. The van der Waals surface area contributed by atoms with Crippen LogP contribution in [0.15, 0.2) is 18.2 Å². The minimum Gasteiger partial charge on any atom is -0.310 e. The number of benzene rings is 1. The van der Waals surface area contributed by atoms with E-state index in [0.717, 1.165) is 24.4 Å². The van der Waals surface area contributed by atoms with Gasteiger partial charge in [0.05, 0.1) is 0 Å². The van der Waals surface area contributed by atoms with Crippen molar-refractivity contribution < 1.29 is 4.39 Å². The average Bonchev–Trinajstić information content (AvgIpc) is 2.31. The van der Waals surface area contributed by atoms with E-state index < -0.39 is 0 Å². The van der Waals surface area contributed by atoms with Crippen LogP contribution in [-0.2, 0) is 0 Å². The first-order valence-electron chi connectivity index (χ1n) is 7.20. The molecular formula is C16H24FN. The SMILES string of the molecule is CCCNC(CC1CCC1)c1ccc(F)c(C)c1. The average molecular weight is 249 g/mol. The van der Waals surface area contributed by atoms with Crippen LogP contribution in [0.4, 0.5) is 4.39 Å². The molecule has 1 saturated carbocycles. The first kappa shape index (κ1) is 13.5. The summed E-state index contributed by atoms with van der Waals surface area (Å²) < 4.78 is 13.3. The second-order valence-electron chi connectivity index (χ2n) is 5.55.